The standard InChI is InChI=1S/C12H24N2O2.ClH/c1-4-14(6-7-16-5-2)12(15)10(3)11-8-13-9-11;/h10-11,13H,4-9H2,1-3H3;1H. The summed E-state index contributed by atoms with van der Waals surface area (Å²) in [4.78, 5) is 14.0. The van der Waals surface area contributed by atoms with E-state index in [1.54, 1.807) is 0 Å². The van der Waals surface area contributed by atoms with Gasteiger partial charge in [-0.15, -0.1) is 12.4 Å². The van der Waals surface area contributed by atoms with Crippen molar-refractivity contribution in [2.24, 2.45) is 11.8 Å². The van der Waals surface area contributed by atoms with Crippen molar-refractivity contribution < 1.29 is 9.53 Å². The molecule has 1 rings (SSSR count). The lowest BCUT2D eigenvalue weighted by atomic mass is 9.88. The summed E-state index contributed by atoms with van der Waals surface area (Å²) in [5.74, 6) is 0.935. The smallest absolute Gasteiger partial charge is 0.225 e. The molecule has 0 spiro atoms. The first-order chi connectivity index (χ1) is 7.70. The Hall–Kier alpha value is -0.320. The van der Waals surface area contributed by atoms with Gasteiger partial charge in [-0.05, 0) is 32.9 Å². The van der Waals surface area contributed by atoms with Gasteiger partial charge in [0.1, 0.15) is 0 Å². The second-order valence-electron chi connectivity index (χ2n) is 4.32. The fourth-order valence-electron chi connectivity index (χ4n) is 1.90. The number of carbonyl (C=O) groups excluding carboxylic acids is 1. The minimum absolute atomic E-state index is 0. The summed E-state index contributed by atoms with van der Waals surface area (Å²) in [5.41, 5.74) is 0. The third kappa shape index (κ3) is 4.82. The zero-order valence-electron chi connectivity index (χ0n) is 11.1. The SMILES string of the molecule is CCOCCN(CC)C(=O)C(C)C1CNC1.Cl. The van der Waals surface area contributed by atoms with Crippen LogP contribution in [0.3, 0.4) is 0 Å². The number of hydrogen-bond acceptors (Lipinski definition) is 3. The second kappa shape index (κ2) is 8.72. The van der Waals surface area contributed by atoms with Crippen LogP contribution in [0.4, 0.5) is 0 Å². The summed E-state index contributed by atoms with van der Waals surface area (Å²) in [6.07, 6.45) is 0. The largest absolute Gasteiger partial charge is 0.380 e. The lowest BCUT2D eigenvalue weighted by molar-refractivity contribution is -0.137. The molecule has 0 radical (unpaired) electrons. The Bertz CT molecular complexity index is 223. The van der Waals surface area contributed by atoms with E-state index < -0.39 is 0 Å². The van der Waals surface area contributed by atoms with Crippen molar-refractivity contribution in [2.45, 2.75) is 20.8 Å². The third-order valence-corrected chi connectivity index (χ3v) is 3.31. The van der Waals surface area contributed by atoms with E-state index in [9.17, 15) is 4.79 Å². The Morgan fingerprint density at radius 1 is 1.47 bits per heavy atom. The van der Waals surface area contributed by atoms with Gasteiger partial charge in [0, 0.05) is 25.6 Å². The Morgan fingerprint density at radius 2 is 2.12 bits per heavy atom. The van der Waals surface area contributed by atoms with E-state index >= 15 is 0 Å². The zero-order chi connectivity index (χ0) is 12.0. The molecule has 0 saturated carbocycles. The van der Waals surface area contributed by atoms with Crippen molar-refractivity contribution in [1.29, 1.82) is 0 Å². The van der Waals surface area contributed by atoms with Crippen LogP contribution < -0.4 is 5.32 Å². The average molecular weight is 265 g/mol. The van der Waals surface area contributed by atoms with Crippen LogP contribution in [0.2, 0.25) is 0 Å². The molecule has 1 aliphatic heterocycles. The Kier molecular flexibility index (Phi) is 8.56. The van der Waals surface area contributed by atoms with Gasteiger partial charge >= 0.3 is 0 Å². The monoisotopic (exact) mass is 264 g/mol. The molecule has 0 bridgehead atoms. The summed E-state index contributed by atoms with van der Waals surface area (Å²) in [5, 5.41) is 3.21. The normalized spacial score (nSPS) is 16.9. The molecule has 1 fully saturated rings. The van der Waals surface area contributed by atoms with E-state index in [0.29, 0.717) is 25.7 Å². The molecule has 102 valence electrons. The summed E-state index contributed by atoms with van der Waals surface area (Å²) in [6, 6.07) is 0. The number of ether oxygens (including phenoxy) is 1. The van der Waals surface area contributed by atoms with E-state index in [1.807, 2.05) is 25.7 Å². The van der Waals surface area contributed by atoms with Gasteiger partial charge in [0.25, 0.3) is 0 Å². The minimum Gasteiger partial charge on any atom is -0.380 e. The van der Waals surface area contributed by atoms with Crippen molar-refractivity contribution in [3.8, 4) is 0 Å². The maximum atomic E-state index is 12.1. The number of halogens is 1. The highest BCUT2D eigenvalue weighted by atomic mass is 35.5. The highest BCUT2D eigenvalue weighted by molar-refractivity contribution is 5.85. The third-order valence-electron chi connectivity index (χ3n) is 3.31. The summed E-state index contributed by atoms with van der Waals surface area (Å²) >= 11 is 0. The summed E-state index contributed by atoms with van der Waals surface area (Å²) in [6.45, 7) is 10.9. The van der Waals surface area contributed by atoms with E-state index in [0.717, 1.165) is 19.6 Å². The van der Waals surface area contributed by atoms with Crippen LogP contribution in [0.15, 0.2) is 0 Å². The highest BCUT2D eigenvalue weighted by Crippen LogP contribution is 2.18. The molecule has 0 aliphatic carbocycles. The first-order valence-corrected chi connectivity index (χ1v) is 6.27. The highest BCUT2D eigenvalue weighted by Gasteiger charge is 2.30. The van der Waals surface area contributed by atoms with Crippen molar-refractivity contribution in [3.05, 3.63) is 0 Å². The van der Waals surface area contributed by atoms with E-state index in [2.05, 4.69) is 5.32 Å². The van der Waals surface area contributed by atoms with Crippen molar-refractivity contribution in [1.82, 2.24) is 10.2 Å². The fraction of sp³-hybridized carbons (Fsp3) is 0.917. The number of carbonyl (C=O) groups is 1. The molecule has 1 N–H and O–H groups in total. The van der Waals surface area contributed by atoms with Gasteiger partial charge in [0.15, 0.2) is 0 Å². The Labute approximate surface area is 110 Å². The van der Waals surface area contributed by atoms with Gasteiger partial charge in [-0.2, -0.15) is 0 Å². The second-order valence-corrected chi connectivity index (χ2v) is 4.32. The van der Waals surface area contributed by atoms with E-state index in [4.69, 9.17) is 4.74 Å². The van der Waals surface area contributed by atoms with Crippen LogP contribution in [0.25, 0.3) is 0 Å². The maximum Gasteiger partial charge on any atom is 0.225 e. The first kappa shape index (κ1) is 16.7. The van der Waals surface area contributed by atoms with Crippen molar-refractivity contribution >= 4 is 18.3 Å². The molecular weight excluding hydrogens is 240 g/mol. The van der Waals surface area contributed by atoms with Crippen molar-refractivity contribution in [2.75, 3.05) is 39.4 Å². The van der Waals surface area contributed by atoms with Crippen LogP contribution in [-0.2, 0) is 9.53 Å². The fourth-order valence-corrected chi connectivity index (χ4v) is 1.90. The molecule has 1 amide bonds. The molecule has 0 aromatic carbocycles. The first-order valence-electron chi connectivity index (χ1n) is 6.27. The number of rotatable bonds is 7. The Morgan fingerprint density at radius 3 is 2.53 bits per heavy atom. The van der Waals surface area contributed by atoms with Gasteiger partial charge in [-0.3, -0.25) is 4.79 Å². The molecular formula is C12H25ClN2O2. The number of amides is 1. The molecule has 4 nitrogen and oxygen atoms in total. The number of hydrogen-bond donors (Lipinski definition) is 1. The average Bonchev–Trinajstić information content (AvgIpc) is 2.21. The number of nitrogens with zero attached hydrogens (tertiary/aromatic N) is 1. The number of likely N-dealkylation sites (N-methyl/N-ethyl adjacent to an activating group) is 1. The minimum atomic E-state index is 0. The Balaban J connectivity index is 0.00000256. The number of nitrogens with one attached hydrogen (secondary N) is 1. The van der Waals surface area contributed by atoms with Crippen LogP contribution in [0.5, 0.6) is 0 Å². The molecule has 5 heteroatoms. The lowest BCUT2D eigenvalue weighted by Gasteiger charge is -2.34. The zero-order valence-corrected chi connectivity index (χ0v) is 11.9. The summed E-state index contributed by atoms with van der Waals surface area (Å²) in [7, 11) is 0. The van der Waals surface area contributed by atoms with Crippen LogP contribution >= 0.6 is 12.4 Å². The maximum absolute atomic E-state index is 12.1. The van der Waals surface area contributed by atoms with Crippen LogP contribution in [0.1, 0.15) is 20.8 Å². The van der Waals surface area contributed by atoms with Crippen LogP contribution in [0, 0.1) is 11.8 Å². The molecule has 1 saturated heterocycles. The van der Waals surface area contributed by atoms with E-state index in [-0.39, 0.29) is 24.2 Å². The van der Waals surface area contributed by atoms with Gasteiger partial charge in [0.05, 0.1) is 6.61 Å². The summed E-state index contributed by atoms with van der Waals surface area (Å²) < 4.78 is 5.29. The molecule has 1 unspecified atom stereocenters. The van der Waals surface area contributed by atoms with Crippen LogP contribution in [-0.4, -0.2) is 50.2 Å². The molecule has 0 aromatic heterocycles. The quantitative estimate of drug-likeness (QED) is 0.702. The van der Waals surface area contributed by atoms with Gasteiger partial charge in [-0.25, -0.2) is 0 Å². The molecule has 17 heavy (non-hydrogen) atoms. The molecule has 1 aliphatic rings. The van der Waals surface area contributed by atoms with Gasteiger partial charge in [0.2, 0.25) is 5.91 Å². The molecule has 1 atom stereocenters. The molecule has 0 aromatic rings. The van der Waals surface area contributed by atoms with Crippen molar-refractivity contribution in [3.63, 3.8) is 0 Å². The molecule has 1 heterocycles. The van der Waals surface area contributed by atoms with Gasteiger partial charge < -0.3 is 15.0 Å². The van der Waals surface area contributed by atoms with E-state index in [1.165, 1.54) is 0 Å². The topological polar surface area (TPSA) is 41.6 Å². The predicted octanol–water partition coefficient (Wildman–Crippen LogP) is 1.15. The lowest BCUT2D eigenvalue weighted by Crippen LogP contribution is -2.50. The van der Waals surface area contributed by atoms with Gasteiger partial charge in [-0.1, -0.05) is 6.92 Å². The predicted molar refractivity (Wildman–Crippen MR) is 71.5 cm³/mol.